The number of carbonyl (C=O) groups excluding carboxylic acids is 1. The van der Waals surface area contributed by atoms with Gasteiger partial charge in [0.1, 0.15) is 0 Å². The second kappa shape index (κ2) is 4.79. The van der Waals surface area contributed by atoms with Crippen molar-refractivity contribution in [3.05, 3.63) is 34.6 Å². The zero-order chi connectivity index (χ0) is 11.4. The van der Waals surface area contributed by atoms with E-state index in [1.165, 1.54) is 25.3 Å². The van der Waals surface area contributed by atoms with Gasteiger partial charge in [0, 0.05) is 6.08 Å². The molecule has 1 aromatic rings. The Labute approximate surface area is 91.3 Å². The van der Waals surface area contributed by atoms with Crippen molar-refractivity contribution in [2.75, 3.05) is 12.8 Å². The molecular weight excluding hydrogens is 221 g/mol. The number of hydrogen-bond acceptors (Lipinski definition) is 3. The van der Waals surface area contributed by atoms with Gasteiger partial charge in [0.2, 0.25) is 0 Å². The minimum atomic E-state index is -0.691. The van der Waals surface area contributed by atoms with Crippen LogP contribution in [-0.4, -0.2) is 13.1 Å². The van der Waals surface area contributed by atoms with Crippen molar-refractivity contribution in [1.82, 2.24) is 0 Å². The molecule has 0 aliphatic rings. The number of nitrogens with two attached hydrogens (primary N) is 1. The van der Waals surface area contributed by atoms with Crippen LogP contribution in [0.2, 0.25) is 5.02 Å². The van der Waals surface area contributed by atoms with Crippen LogP contribution < -0.4 is 5.73 Å². The van der Waals surface area contributed by atoms with Gasteiger partial charge >= 0.3 is 5.97 Å². The molecule has 5 heteroatoms. The number of ether oxygens (including phenoxy) is 1. The molecule has 80 valence electrons. The molecule has 0 bridgehead atoms. The number of halogens is 2. The van der Waals surface area contributed by atoms with E-state index in [1.807, 2.05) is 0 Å². The molecule has 0 fully saturated rings. The number of benzene rings is 1. The maximum Gasteiger partial charge on any atom is 0.330 e. The van der Waals surface area contributed by atoms with Crippen LogP contribution in [0.15, 0.2) is 18.2 Å². The summed E-state index contributed by atoms with van der Waals surface area (Å²) < 4.78 is 17.6. The predicted molar refractivity (Wildman–Crippen MR) is 56.9 cm³/mol. The van der Waals surface area contributed by atoms with Crippen LogP contribution in [0.1, 0.15) is 5.56 Å². The average Bonchev–Trinajstić information content (AvgIpc) is 2.24. The Bertz CT molecular complexity index is 418. The first kappa shape index (κ1) is 11.5. The lowest BCUT2D eigenvalue weighted by molar-refractivity contribution is -0.134. The Morgan fingerprint density at radius 1 is 1.60 bits per heavy atom. The number of carbonyl (C=O) groups is 1. The smallest absolute Gasteiger partial charge is 0.330 e. The van der Waals surface area contributed by atoms with Crippen molar-refractivity contribution in [1.29, 1.82) is 0 Å². The maximum absolute atomic E-state index is 13.2. The molecule has 3 nitrogen and oxygen atoms in total. The number of methoxy groups -OCH3 is 1. The third-order valence-electron chi connectivity index (χ3n) is 1.74. The van der Waals surface area contributed by atoms with Crippen LogP contribution in [0.5, 0.6) is 0 Å². The molecule has 0 spiro atoms. The molecule has 1 aromatic carbocycles. The van der Waals surface area contributed by atoms with E-state index in [4.69, 9.17) is 17.3 Å². The van der Waals surface area contributed by atoms with E-state index in [0.717, 1.165) is 6.08 Å². The summed E-state index contributed by atoms with van der Waals surface area (Å²) in [6.07, 6.45) is 2.51. The van der Waals surface area contributed by atoms with Gasteiger partial charge in [-0.2, -0.15) is 0 Å². The standard InChI is InChI=1S/C10H9ClFNO2/c1-15-8(14)5-3-6-2-4-7(13)10(12)9(6)11/h2-5H,13H2,1H3. The lowest BCUT2D eigenvalue weighted by Crippen LogP contribution is -1.95. The van der Waals surface area contributed by atoms with Crippen LogP contribution in [0.3, 0.4) is 0 Å². The molecule has 0 aliphatic heterocycles. The molecule has 0 aliphatic carbocycles. The van der Waals surface area contributed by atoms with Crippen molar-refractivity contribution in [3.8, 4) is 0 Å². The first-order valence-electron chi connectivity index (χ1n) is 4.05. The highest BCUT2D eigenvalue weighted by atomic mass is 35.5. The number of esters is 1. The Hall–Kier alpha value is -1.55. The van der Waals surface area contributed by atoms with Gasteiger partial charge in [0.15, 0.2) is 5.82 Å². The molecule has 0 heterocycles. The van der Waals surface area contributed by atoms with Crippen molar-refractivity contribution < 1.29 is 13.9 Å². The molecule has 0 atom stereocenters. The Balaban J connectivity index is 3.02. The molecular formula is C10H9ClFNO2. The number of anilines is 1. The molecule has 0 aromatic heterocycles. The van der Waals surface area contributed by atoms with Gasteiger partial charge in [-0.25, -0.2) is 9.18 Å². The van der Waals surface area contributed by atoms with Crippen molar-refractivity contribution in [2.45, 2.75) is 0 Å². The molecule has 0 saturated carbocycles. The van der Waals surface area contributed by atoms with Crippen molar-refractivity contribution >= 4 is 29.3 Å². The van der Waals surface area contributed by atoms with Gasteiger partial charge in [0.05, 0.1) is 17.8 Å². The summed E-state index contributed by atoms with van der Waals surface area (Å²) in [5.74, 6) is -1.23. The lowest BCUT2D eigenvalue weighted by atomic mass is 10.2. The van der Waals surface area contributed by atoms with Gasteiger partial charge in [-0.15, -0.1) is 0 Å². The second-order valence-electron chi connectivity index (χ2n) is 2.73. The minimum Gasteiger partial charge on any atom is -0.466 e. The molecule has 0 amide bonds. The summed E-state index contributed by atoms with van der Waals surface area (Å²) in [6.45, 7) is 0. The molecule has 0 unspecified atom stereocenters. The third kappa shape index (κ3) is 2.70. The van der Waals surface area contributed by atoms with Gasteiger partial charge in [-0.05, 0) is 17.7 Å². The Kier molecular flexibility index (Phi) is 3.68. The summed E-state index contributed by atoms with van der Waals surface area (Å²) in [5.41, 5.74) is 5.63. The normalized spacial score (nSPS) is 10.6. The first-order valence-corrected chi connectivity index (χ1v) is 4.43. The zero-order valence-corrected chi connectivity index (χ0v) is 8.72. The van der Waals surface area contributed by atoms with E-state index in [0.29, 0.717) is 5.56 Å². The Morgan fingerprint density at radius 3 is 2.87 bits per heavy atom. The number of hydrogen-bond donors (Lipinski definition) is 1. The summed E-state index contributed by atoms with van der Waals surface area (Å²) in [6, 6.07) is 2.89. The summed E-state index contributed by atoms with van der Waals surface area (Å²) in [5, 5.41) is -0.116. The molecule has 1 rings (SSSR count). The van der Waals surface area contributed by atoms with Gasteiger partial charge in [-0.1, -0.05) is 17.7 Å². The minimum absolute atomic E-state index is 0.0322. The average molecular weight is 230 g/mol. The fourth-order valence-corrected chi connectivity index (χ4v) is 1.17. The van der Waals surface area contributed by atoms with E-state index in [-0.39, 0.29) is 10.7 Å². The highest BCUT2D eigenvalue weighted by Gasteiger charge is 2.07. The van der Waals surface area contributed by atoms with Crippen molar-refractivity contribution in [3.63, 3.8) is 0 Å². The van der Waals surface area contributed by atoms with Gasteiger partial charge in [0.25, 0.3) is 0 Å². The van der Waals surface area contributed by atoms with E-state index in [1.54, 1.807) is 0 Å². The van der Waals surface area contributed by atoms with E-state index >= 15 is 0 Å². The maximum atomic E-state index is 13.2. The Morgan fingerprint density at radius 2 is 2.27 bits per heavy atom. The van der Waals surface area contributed by atoms with Crippen molar-refractivity contribution in [2.24, 2.45) is 0 Å². The third-order valence-corrected chi connectivity index (χ3v) is 2.13. The van der Waals surface area contributed by atoms with Gasteiger partial charge in [-0.3, -0.25) is 0 Å². The first-order chi connectivity index (χ1) is 7.06. The fourth-order valence-electron chi connectivity index (χ4n) is 0.934. The van der Waals surface area contributed by atoms with Crippen LogP contribution in [0.25, 0.3) is 6.08 Å². The van der Waals surface area contributed by atoms with Crippen LogP contribution in [-0.2, 0) is 9.53 Å². The van der Waals surface area contributed by atoms with E-state index in [9.17, 15) is 9.18 Å². The largest absolute Gasteiger partial charge is 0.466 e. The summed E-state index contributed by atoms with van der Waals surface area (Å²) in [7, 11) is 1.25. The van der Waals surface area contributed by atoms with E-state index in [2.05, 4.69) is 4.74 Å². The summed E-state index contributed by atoms with van der Waals surface area (Å²) in [4.78, 5) is 10.8. The zero-order valence-electron chi connectivity index (χ0n) is 7.96. The highest BCUT2D eigenvalue weighted by Crippen LogP contribution is 2.25. The quantitative estimate of drug-likeness (QED) is 0.481. The lowest BCUT2D eigenvalue weighted by Gasteiger charge is -2.02. The SMILES string of the molecule is COC(=O)C=Cc1ccc(N)c(F)c1Cl. The monoisotopic (exact) mass is 229 g/mol. The molecule has 0 saturated heterocycles. The van der Waals surface area contributed by atoms with Gasteiger partial charge < -0.3 is 10.5 Å². The summed E-state index contributed by atoms with van der Waals surface area (Å²) >= 11 is 5.67. The molecule has 2 N–H and O–H groups in total. The van der Waals surface area contributed by atoms with E-state index < -0.39 is 11.8 Å². The predicted octanol–water partition coefficient (Wildman–Crippen LogP) is 2.25. The van der Waals surface area contributed by atoms with Crippen LogP contribution in [0.4, 0.5) is 10.1 Å². The topological polar surface area (TPSA) is 52.3 Å². The number of rotatable bonds is 2. The van der Waals surface area contributed by atoms with Crippen LogP contribution in [0, 0.1) is 5.82 Å². The second-order valence-corrected chi connectivity index (χ2v) is 3.11. The van der Waals surface area contributed by atoms with Crippen LogP contribution >= 0.6 is 11.6 Å². The highest BCUT2D eigenvalue weighted by molar-refractivity contribution is 6.32. The fraction of sp³-hybridized carbons (Fsp3) is 0.100. The number of nitrogen functional groups attached to an aromatic ring is 1. The molecule has 15 heavy (non-hydrogen) atoms. The molecule has 0 radical (unpaired) electrons.